The highest BCUT2D eigenvalue weighted by atomic mass is 32.1. The number of benzene rings is 1. The summed E-state index contributed by atoms with van der Waals surface area (Å²) in [5.41, 5.74) is 3.23. The number of fused-ring (bicyclic) bond motifs is 1. The minimum atomic E-state index is 0.451. The fourth-order valence-corrected chi connectivity index (χ4v) is 4.04. The minimum absolute atomic E-state index is 0.451. The smallest absolute Gasteiger partial charge is 0.0604 e. The maximum absolute atomic E-state index is 4.65. The fourth-order valence-electron chi connectivity index (χ4n) is 3.63. The van der Waals surface area contributed by atoms with E-state index in [9.17, 15) is 0 Å². The molecule has 1 aromatic rings. The number of thiol groups is 1. The summed E-state index contributed by atoms with van der Waals surface area (Å²) in [7, 11) is 2.19. The van der Waals surface area contributed by atoms with E-state index in [0.29, 0.717) is 5.41 Å². The van der Waals surface area contributed by atoms with E-state index in [-0.39, 0.29) is 0 Å². The molecule has 2 aliphatic rings. The molecular weight excluding hydrogens is 252 g/mol. The van der Waals surface area contributed by atoms with Crippen molar-refractivity contribution in [2.24, 2.45) is 5.41 Å². The predicted molar refractivity (Wildman–Crippen MR) is 86.7 cm³/mol. The Morgan fingerprint density at radius 2 is 1.79 bits per heavy atom. The zero-order chi connectivity index (χ0) is 13.3. The van der Waals surface area contributed by atoms with Gasteiger partial charge in [0.25, 0.3) is 0 Å². The van der Waals surface area contributed by atoms with Gasteiger partial charge in [0.2, 0.25) is 0 Å². The average molecular weight is 276 g/mol. The molecule has 0 N–H and O–H groups in total. The molecule has 0 radical (unpaired) electrons. The lowest BCUT2D eigenvalue weighted by Crippen LogP contribution is -2.45. The summed E-state index contributed by atoms with van der Waals surface area (Å²) in [4.78, 5) is 4.96. The number of nitrogens with zero attached hydrogens (tertiary/aromatic N) is 2. The summed E-state index contributed by atoms with van der Waals surface area (Å²) in [6.07, 6.45) is 5.47. The molecule has 0 bridgehead atoms. The van der Waals surface area contributed by atoms with Gasteiger partial charge in [-0.15, -0.1) is 0 Å². The summed E-state index contributed by atoms with van der Waals surface area (Å²) in [5.74, 6) is 1.03. The molecule has 0 spiro atoms. The molecule has 0 saturated heterocycles. The third-order valence-corrected chi connectivity index (χ3v) is 5.54. The molecule has 0 atom stereocenters. The monoisotopic (exact) mass is 276 g/mol. The molecule has 1 heterocycles. The molecule has 1 aliphatic heterocycles. The number of para-hydroxylation sites is 2. The van der Waals surface area contributed by atoms with Crippen molar-refractivity contribution >= 4 is 24.0 Å². The molecule has 0 aromatic heterocycles. The second kappa shape index (κ2) is 5.28. The summed E-state index contributed by atoms with van der Waals surface area (Å²) >= 11 is 4.65. The van der Waals surface area contributed by atoms with Gasteiger partial charge in [-0.05, 0) is 36.1 Å². The van der Waals surface area contributed by atoms with Crippen LogP contribution in [-0.4, -0.2) is 32.4 Å². The van der Waals surface area contributed by atoms with Crippen LogP contribution in [0.2, 0.25) is 0 Å². The normalized spacial score (nSPS) is 21.6. The number of hydrogen-bond donors (Lipinski definition) is 1. The van der Waals surface area contributed by atoms with Crippen LogP contribution in [0.5, 0.6) is 0 Å². The predicted octanol–water partition coefficient (Wildman–Crippen LogP) is 3.43. The van der Waals surface area contributed by atoms with Crippen LogP contribution in [0.4, 0.5) is 11.4 Å². The van der Waals surface area contributed by atoms with E-state index < -0.39 is 0 Å². The van der Waals surface area contributed by atoms with Crippen LogP contribution in [0, 0.1) is 5.41 Å². The zero-order valence-electron chi connectivity index (χ0n) is 11.8. The number of hydrogen-bond acceptors (Lipinski definition) is 3. The van der Waals surface area contributed by atoms with Crippen molar-refractivity contribution in [1.82, 2.24) is 0 Å². The molecule has 104 valence electrons. The Labute approximate surface area is 122 Å². The van der Waals surface area contributed by atoms with E-state index in [0.717, 1.165) is 18.8 Å². The molecular formula is C16H24N2S. The van der Waals surface area contributed by atoms with Crippen LogP contribution in [-0.2, 0) is 0 Å². The Balaban J connectivity index is 1.84. The molecule has 3 heteroatoms. The van der Waals surface area contributed by atoms with Crippen LogP contribution in [0.3, 0.4) is 0 Å². The van der Waals surface area contributed by atoms with E-state index >= 15 is 0 Å². The van der Waals surface area contributed by atoms with Crippen molar-refractivity contribution in [2.75, 3.05) is 42.2 Å². The van der Waals surface area contributed by atoms with Crippen molar-refractivity contribution in [3.63, 3.8) is 0 Å². The van der Waals surface area contributed by atoms with Gasteiger partial charge >= 0.3 is 0 Å². The molecule has 1 saturated carbocycles. The Morgan fingerprint density at radius 1 is 1.11 bits per heavy atom. The first-order valence-electron chi connectivity index (χ1n) is 7.40. The second-order valence-corrected chi connectivity index (χ2v) is 6.51. The van der Waals surface area contributed by atoms with Crippen LogP contribution < -0.4 is 9.80 Å². The topological polar surface area (TPSA) is 6.48 Å². The summed E-state index contributed by atoms with van der Waals surface area (Å²) in [6, 6.07) is 8.81. The molecule has 2 nitrogen and oxygen atoms in total. The van der Waals surface area contributed by atoms with E-state index in [4.69, 9.17) is 0 Å². The van der Waals surface area contributed by atoms with Crippen molar-refractivity contribution in [2.45, 2.75) is 25.7 Å². The molecule has 1 aromatic carbocycles. The molecule has 0 amide bonds. The van der Waals surface area contributed by atoms with E-state index in [1.54, 1.807) is 0 Å². The lowest BCUT2D eigenvalue weighted by molar-refractivity contribution is 0.347. The van der Waals surface area contributed by atoms with Crippen molar-refractivity contribution in [1.29, 1.82) is 0 Å². The first-order valence-corrected chi connectivity index (χ1v) is 8.03. The second-order valence-electron chi connectivity index (χ2n) is 6.20. The van der Waals surface area contributed by atoms with Gasteiger partial charge in [0, 0.05) is 26.7 Å². The van der Waals surface area contributed by atoms with Gasteiger partial charge in [0.05, 0.1) is 11.4 Å². The van der Waals surface area contributed by atoms with Gasteiger partial charge in [0.1, 0.15) is 0 Å². The van der Waals surface area contributed by atoms with Crippen molar-refractivity contribution in [3.8, 4) is 0 Å². The minimum Gasteiger partial charge on any atom is -0.371 e. The molecule has 0 unspecified atom stereocenters. The van der Waals surface area contributed by atoms with Gasteiger partial charge in [-0.2, -0.15) is 12.6 Å². The number of rotatable bonds is 3. The van der Waals surface area contributed by atoms with Crippen molar-refractivity contribution in [3.05, 3.63) is 24.3 Å². The Bertz CT molecular complexity index is 440. The SMILES string of the molecule is CN1CCN(CC2(CS)CCCC2)c2ccccc21. The van der Waals surface area contributed by atoms with Gasteiger partial charge in [0.15, 0.2) is 0 Å². The highest BCUT2D eigenvalue weighted by Crippen LogP contribution is 2.42. The van der Waals surface area contributed by atoms with Gasteiger partial charge in [-0.25, -0.2) is 0 Å². The standard InChI is InChI=1S/C16H24N2S/c1-17-10-11-18(15-7-3-2-6-14(15)17)12-16(13-19)8-4-5-9-16/h2-3,6-7,19H,4-5,8-13H2,1H3. The lowest BCUT2D eigenvalue weighted by atomic mass is 9.87. The molecule has 3 rings (SSSR count). The first kappa shape index (κ1) is 13.2. The van der Waals surface area contributed by atoms with E-state index in [1.165, 1.54) is 43.6 Å². The Hall–Kier alpha value is -0.830. The van der Waals surface area contributed by atoms with Crippen LogP contribution in [0.1, 0.15) is 25.7 Å². The quantitative estimate of drug-likeness (QED) is 0.845. The highest BCUT2D eigenvalue weighted by Gasteiger charge is 2.35. The van der Waals surface area contributed by atoms with E-state index in [1.807, 2.05) is 0 Å². The number of anilines is 2. The third kappa shape index (κ3) is 2.45. The zero-order valence-corrected chi connectivity index (χ0v) is 12.7. The maximum Gasteiger partial charge on any atom is 0.0604 e. The summed E-state index contributed by atoms with van der Waals surface area (Å²) < 4.78 is 0. The molecule has 19 heavy (non-hydrogen) atoms. The van der Waals surface area contributed by atoms with E-state index in [2.05, 4.69) is 53.7 Å². The Kier molecular flexibility index (Phi) is 3.66. The summed E-state index contributed by atoms with van der Waals surface area (Å²) in [6.45, 7) is 3.45. The fraction of sp³-hybridized carbons (Fsp3) is 0.625. The Morgan fingerprint density at radius 3 is 2.47 bits per heavy atom. The van der Waals surface area contributed by atoms with Crippen LogP contribution >= 0.6 is 12.6 Å². The third-order valence-electron chi connectivity index (χ3n) is 4.86. The summed E-state index contributed by atoms with van der Waals surface area (Å²) in [5, 5.41) is 0. The van der Waals surface area contributed by atoms with Crippen LogP contribution in [0.15, 0.2) is 24.3 Å². The largest absolute Gasteiger partial charge is 0.371 e. The van der Waals surface area contributed by atoms with Crippen molar-refractivity contribution < 1.29 is 0 Å². The van der Waals surface area contributed by atoms with Gasteiger partial charge in [-0.3, -0.25) is 0 Å². The molecule has 1 fully saturated rings. The number of likely N-dealkylation sites (N-methyl/N-ethyl adjacent to an activating group) is 1. The average Bonchev–Trinajstić information content (AvgIpc) is 2.92. The van der Waals surface area contributed by atoms with Gasteiger partial charge < -0.3 is 9.80 Å². The highest BCUT2D eigenvalue weighted by molar-refractivity contribution is 7.80. The van der Waals surface area contributed by atoms with Gasteiger partial charge in [-0.1, -0.05) is 25.0 Å². The lowest BCUT2D eigenvalue weighted by Gasteiger charge is -2.41. The first-order chi connectivity index (χ1) is 9.24. The van der Waals surface area contributed by atoms with Crippen LogP contribution in [0.25, 0.3) is 0 Å². The maximum atomic E-state index is 4.65. The molecule has 1 aliphatic carbocycles.